The van der Waals surface area contributed by atoms with E-state index in [2.05, 4.69) is 26.1 Å². The Bertz CT molecular complexity index is 479. The highest BCUT2D eigenvalue weighted by Gasteiger charge is 2.32. The van der Waals surface area contributed by atoms with Crippen molar-refractivity contribution in [3.63, 3.8) is 0 Å². The maximum absolute atomic E-state index is 12.7. The second kappa shape index (κ2) is 5.99. The predicted molar refractivity (Wildman–Crippen MR) is 78.9 cm³/mol. The van der Waals surface area contributed by atoms with E-state index in [1.807, 2.05) is 0 Å². The number of hydrogen-bond donors (Lipinski definition) is 1. The van der Waals surface area contributed by atoms with Gasteiger partial charge in [0.15, 0.2) is 0 Å². The van der Waals surface area contributed by atoms with E-state index in [9.17, 15) is 13.2 Å². The van der Waals surface area contributed by atoms with Gasteiger partial charge in [-0.1, -0.05) is 39.0 Å². The molecule has 4 heteroatoms. The molecule has 0 radical (unpaired) electrons. The summed E-state index contributed by atoms with van der Waals surface area (Å²) in [6.45, 7) is 7.29. The Balaban J connectivity index is 1.95. The van der Waals surface area contributed by atoms with Crippen molar-refractivity contribution >= 4 is 0 Å². The van der Waals surface area contributed by atoms with Gasteiger partial charge < -0.3 is 5.32 Å². The van der Waals surface area contributed by atoms with Gasteiger partial charge in [0.25, 0.3) is 0 Å². The van der Waals surface area contributed by atoms with Crippen LogP contribution in [0.4, 0.5) is 13.2 Å². The van der Waals surface area contributed by atoms with Crippen molar-refractivity contribution in [1.29, 1.82) is 0 Å². The molecule has 2 unspecified atom stereocenters. The zero-order chi connectivity index (χ0) is 15.7. The van der Waals surface area contributed by atoms with Gasteiger partial charge in [-0.05, 0) is 42.2 Å². The summed E-state index contributed by atoms with van der Waals surface area (Å²) >= 11 is 0. The van der Waals surface area contributed by atoms with Gasteiger partial charge in [-0.3, -0.25) is 0 Å². The summed E-state index contributed by atoms with van der Waals surface area (Å²) in [5.41, 5.74) is 0.509. The minimum atomic E-state index is -4.27. The maximum Gasteiger partial charge on any atom is 0.416 e. The molecule has 0 bridgehead atoms. The van der Waals surface area contributed by atoms with Crippen LogP contribution in [-0.4, -0.2) is 6.04 Å². The van der Waals surface area contributed by atoms with Crippen LogP contribution in [0.2, 0.25) is 0 Å². The summed E-state index contributed by atoms with van der Waals surface area (Å²) in [7, 11) is 0. The fourth-order valence-electron chi connectivity index (χ4n) is 3.36. The van der Waals surface area contributed by atoms with Gasteiger partial charge in [-0.2, -0.15) is 13.2 Å². The molecular weight excluding hydrogens is 275 g/mol. The average molecular weight is 299 g/mol. The molecule has 1 nitrogen and oxygen atoms in total. The number of nitrogens with one attached hydrogen (secondary N) is 1. The van der Waals surface area contributed by atoms with Crippen molar-refractivity contribution < 1.29 is 13.2 Å². The van der Waals surface area contributed by atoms with Gasteiger partial charge >= 0.3 is 6.18 Å². The highest BCUT2D eigenvalue weighted by molar-refractivity contribution is 5.25. The molecule has 1 aromatic rings. The smallest absolute Gasteiger partial charge is 0.310 e. The molecule has 0 aromatic heterocycles. The zero-order valence-corrected chi connectivity index (χ0v) is 12.9. The second-order valence-corrected chi connectivity index (χ2v) is 7.07. The first-order valence-corrected chi connectivity index (χ1v) is 7.57. The van der Waals surface area contributed by atoms with Gasteiger partial charge in [-0.15, -0.1) is 0 Å². The van der Waals surface area contributed by atoms with Crippen LogP contribution in [0.1, 0.15) is 51.2 Å². The van der Waals surface area contributed by atoms with Gasteiger partial charge in [0.1, 0.15) is 0 Å². The quantitative estimate of drug-likeness (QED) is 0.827. The number of rotatable bonds is 3. The SMILES string of the molecule is CC1CC(C)(C)CCC1NCc1cccc(C(F)(F)F)c1. The molecule has 2 rings (SSSR count). The number of benzene rings is 1. The number of halogens is 3. The highest BCUT2D eigenvalue weighted by atomic mass is 19.4. The Kier molecular flexibility index (Phi) is 4.66. The summed E-state index contributed by atoms with van der Waals surface area (Å²) in [6, 6.07) is 5.99. The normalized spacial score (nSPS) is 25.8. The third-order valence-corrected chi connectivity index (χ3v) is 4.52. The minimum Gasteiger partial charge on any atom is -0.310 e. The van der Waals surface area contributed by atoms with Crippen molar-refractivity contribution in [1.82, 2.24) is 5.32 Å². The van der Waals surface area contributed by atoms with Crippen LogP contribution in [0.5, 0.6) is 0 Å². The van der Waals surface area contributed by atoms with Gasteiger partial charge in [0.2, 0.25) is 0 Å². The lowest BCUT2D eigenvalue weighted by Gasteiger charge is -2.39. The summed E-state index contributed by atoms with van der Waals surface area (Å²) in [4.78, 5) is 0. The third kappa shape index (κ3) is 4.47. The van der Waals surface area contributed by atoms with Crippen LogP contribution in [0, 0.1) is 11.3 Å². The first-order valence-electron chi connectivity index (χ1n) is 7.57. The Hall–Kier alpha value is -1.03. The maximum atomic E-state index is 12.7. The van der Waals surface area contributed by atoms with Crippen LogP contribution in [0.3, 0.4) is 0 Å². The largest absolute Gasteiger partial charge is 0.416 e. The Morgan fingerprint density at radius 1 is 1.29 bits per heavy atom. The Morgan fingerprint density at radius 2 is 2.00 bits per heavy atom. The van der Waals surface area contributed by atoms with Crippen molar-refractivity contribution in [3.05, 3.63) is 35.4 Å². The summed E-state index contributed by atoms with van der Waals surface area (Å²) < 4.78 is 38.1. The van der Waals surface area contributed by atoms with E-state index >= 15 is 0 Å². The van der Waals surface area contributed by atoms with Crippen molar-refractivity contribution in [2.24, 2.45) is 11.3 Å². The van der Waals surface area contributed by atoms with Crippen molar-refractivity contribution in [3.8, 4) is 0 Å². The van der Waals surface area contributed by atoms with E-state index in [4.69, 9.17) is 0 Å². The Labute approximate surface area is 124 Å². The lowest BCUT2D eigenvalue weighted by molar-refractivity contribution is -0.137. The average Bonchev–Trinajstić information content (AvgIpc) is 2.36. The van der Waals surface area contributed by atoms with Crippen LogP contribution in [0.15, 0.2) is 24.3 Å². The van der Waals surface area contributed by atoms with Crippen LogP contribution < -0.4 is 5.32 Å². The molecule has 1 saturated carbocycles. The molecule has 21 heavy (non-hydrogen) atoms. The molecule has 2 atom stereocenters. The molecule has 0 spiro atoms. The topological polar surface area (TPSA) is 12.0 Å². The fourth-order valence-corrected chi connectivity index (χ4v) is 3.36. The van der Waals surface area contributed by atoms with E-state index in [-0.39, 0.29) is 0 Å². The first kappa shape index (κ1) is 16.3. The molecule has 0 amide bonds. The molecule has 1 aliphatic rings. The van der Waals surface area contributed by atoms with Crippen LogP contribution >= 0.6 is 0 Å². The minimum absolute atomic E-state index is 0.383. The van der Waals surface area contributed by atoms with Gasteiger partial charge in [0, 0.05) is 12.6 Å². The van der Waals surface area contributed by atoms with Crippen LogP contribution in [0.25, 0.3) is 0 Å². The lowest BCUT2D eigenvalue weighted by atomic mass is 9.70. The molecule has 1 fully saturated rings. The van der Waals surface area contributed by atoms with Gasteiger partial charge in [-0.25, -0.2) is 0 Å². The van der Waals surface area contributed by atoms with Crippen LogP contribution in [-0.2, 0) is 12.7 Å². The molecule has 0 heterocycles. The molecule has 1 aromatic carbocycles. The van der Waals surface area contributed by atoms with Crippen molar-refractivity contribution in [2.75, 3.05) is 0 Å². The molecular formula is C17H24F3N. The second-order valence-electron chi connectivity index (χ2n) is 7.07. The summed E-state index contributed by atoms with van der Waals surface area (Å²) in [6.07, 6.45) is -0.851. The zero-order valence-electron chi connectivity index (χ0n) is 12.9. The fraction of sp³-hybridized carbons (Fsp3) is 0.647. The number of alkyl halides is 3. The molecule has 1 aliphatic carbocycles. The van der Waals surface area contributed by atoms with E-state index in [0.717, 1.165) is 25.3 Å². The molecule has 118 valence electrons. The molecule has 0 saturated heterocycles. The van der Waals surface area contributed by atoms with E-state index < -0.39 is 11.7 Å². The lowest BCUT2D eigenvalue weighted by Crippen LogP contribution is -2.41. The Morgan fingerprint density at radius 3 is 2.62 bits per heavy atom. The number of hydrogen-bond acceptors (Lipinski definition) is 1. The first-order chi connectivity index (χ1) is 9.67. The monoisotopic (exact) mass is 299 g/mol. The van der Waals surface area contributed by atoms with Crippen molar-refractivity contribution in [2.45, 2.75) is 58.8 Å². The highest BCUT2D eigenvalue weighted by Crippen LogP contribution is 2.38. The molecule has 0 aliphatic heterocycles. The van der Waals surface area contributed by atoms with E-state index in [0.29, 0.717) is 29.5 Å². The molecule has 1 N–H and O–H groups in total. The van der Waals surface area contributed by atoms with E-state index in [1.165, 1.54) is 12.1 Å². The summed E-state index contributed by atoms with van der Waals surface area (Å²) in [5.74, 6) is 0.555. The predicted octanol–water partition coefficient (Wildman–Crippen LogP) is 5.01. The standard InChI is InChI=1S/C17H24F3N/c1-12-10-16(2,3)8-7-15(12)21-11-13-5-4-6-14(9-13)17(18,19)20/h4-6,9,12,15,21H,7-8,10-11H2,1-3H3. The summed E-state index contributed by atoms with van der Waals surface area (Å²) in [5, 5.41) is 3.44. The van der Waals surface area contributed by atoms with Gasteiger partial charge in [0.05, 0.1) is 5.56 Å². The van der Waals surface area contributed by atoms with E-state index in [1.54, 1.807) is 6.07 Å². The third-order valence-electron chi connectivity index (χ3n) is 4.52.